The lowest BCUT2D eigenvalue weighted by Crippen LogP contribution is -2.40. The van der Waals surface area contributed by atoms with Gasteiger partial charge in [-0.1, -0.05) is 5.22 Å². The Morgan fingerprint density at radius 3 is 2.25 bits per heavy atom. The number of rotatable bonds is 5. The number of halogens is 8. The molecule has 0 saturated heterocycles. The van der Waals surface area contributed by atoms with Gasteiger partial charge in [0, 0.05) is 18.8 Å². The van der Waals surface area contributed by atoms with Crippen molar-refractivity contribution >= 4 is 5.95 Å². The Morgan fingerprint density at radius 1 is 1.18 bits per heavy atom. The molecule has 0 fully saturated rings. The molecule has 0 amide bonds. The SMILES string of the molecule is CNc1nc(C(F)(F)F)c(-c2cnn(CC(F)(F)C(F)(F)F)c2)c(=O)n1N=N. The van der Waals surface area contributed by atoms with Crippen molar-refractivity contribution in [2.75, 3.05) is 12.4 Å². The van der Waals surface area contributed by atoms with E-state index < -0.39 is 53.1 Å². The second kappa shape index (κ2) is 6.83. The summed E-state index contributed by atoms with van der Waals surface area (Å²) in [6.07, 6.45) is -10.2. The average molecular weight is 419 g/mol. The first-order valence-corrected chi connectivity index (χ1v) is 7.00. The molecule has 2 aromatic heterocycles. The molecule has 2 rings (SSSR count). The van der Waals surface area contributed by atoms with Gasteiger partial charge in [0.1, 0.15) is 6.54 Å². The number of hydrogen-bond donors (Lipinski definition) is 2. The Bertz CT molecular complexity index is 943. The van der Waals surface area contributed by atoms with Crippen molar-refractivity contribution < 1.29 is 35.1 Å². The predicted octanol–water partition coefficient (Wildman–Crippen LogP) is 3.16. The van der Waals surface area contributed by atoms with Gasteiger partial charge in [-0.2, -0.15) is 45.8 Å². The third-order valence-electron chi connectivity index (χ3n) is 3.35. The molecule has 154 valence electrons. The van der Waals surface area contributed by atoms with Crippen molar-refractivity contribution in [3.05, 3.63) is 28.4 Å². The Hall–Kier alpha value is -3.07. The zero-order valence-electron chi connectivity index (χ0n) is 13.5. The first kappa shape index (κ1) is 21.2. The van der Waals surface area contributed by atoms with Gasteiger partial charge < -0.3 is 5.32 Å². The zero-order chi connectivity index (χ0) is 21.5. The van der Waals surface area contributed by atoms with Crippen LogP contribution in [0.3, 0.4) is 0 Å². The fourth-order valence-corrected chi connectivity index (χ4v) is 2.10. The summed E-state index contributed by atoms with van der Waals surface area (Å²) >= 11 is 0. The van der Waals surface area contributed by atoms with Crippen LogP contribution in [-0.2, 0) is 12.7 Å². The summed E-state index contributed by atoms with van der Waals surface area (Å²) in [7, 11) is 1.10. The van der Waals surface area contributed by atoms with E-state index >= 15 is 0 Å². The van der Waals surface area contributed by atoms with E-state index in [1.165, 1.54) is 0 Å². The summed E-state index contributed by atoms with van der Waals surface area (Å²) in [4.78, 5) is 15.4. The summed E-state index contributed by atoms with van der Waals surface area (Å²) in [5.41, 5.74) is 1.67. The van der Waals surface area contributed by atoms with Crippen molar-refractivity contribution in [1.82, 2.24) is 19.4 Å². The van der Waals surface area contributed by atoms with E-state index in [2.05, 4.69) is 20.6 Å². The highest BCUT2D eigenvalue weighted by Gasteiger charge is 2.57. The molecule has 0 bridgehead atoms. The molecule has 2 heterocycles. The zero-order valence-corrected chi connectivity index (χ0v) is 13.5. The second-order valence-electron chi connectivity index (χ2n) is 5.25. The lowest BCUT2D eigenvalue weighted by atomic mass is 10.1. The minimum Gasteiger partial charge on any atom is -0.357 e. The highest BCUT2D eigenvalue weighted by atomic mass is 19.4. The highest BCUT2D eigenvalue weighted by Crippen LogP contribution is 2.37. The fourth-order valence-electron chi connectivity index (χ4n) is 2.10. The Balaban J connectivity index is 2.65. The molecule has 0 aliphatic carbocycles. The maximum atomic E-state index is 13.3. The molecule has 8 nitrogen and oxygen atoms in total. The third-order valence-corrected chi connectivity index (χ3v) is 3.35. The minimum absolute atomic E-state index is 0.0383. The molecule has 28 heavy (non-hydrogen) atoms. The van der Waals surface area contributed by atoms with E-state index in [1.54, 1.807) is 0 Å². The lowest BCUT2D eigenvalue weighted by Gasteiger charge is -2.19. The van der Waals surface area contributed by atoms with Gasteiger partial charge in [-0.05, 0) is 0 Å². The third kappa shape index (κ3) is 3.79. The molecule has 0 aromatic carbocycles. The van der Waals surface area contributed by atoms with Crippen molar-refractivity contribution in [3.63, 3.8) is 0 Å². The molecule has 0 saturated carbocycles. The molecule has 16 heteroatoms. The molecule has 0 unspecified atom stereocenters. The van der Waals surface area contributed by atoms with Gasteiger partial charge in [0.25, 0.3) is 5.56 Å². The van der Waals surface area contributed by atoms with E-state index in [4.69, 9.17) is 5.53 Å². The molecule has 2 aromatic rings. The van der Waals surface area contributed by atoms with Crippen LogP contribution in [0.5, 0.6) is 0 Å². The Morgan fingerprint density at radius 2 is 1.79 bits per heavy atom. The molecular formula is C12H9F8N7O. The summed E-state index contributed by atoms with van der Waals surface area (Å²) in [5.74, 6) is -5.96. The molecule has 2 N–H and O–H groups in total. The van der Waals surface area contributed by atoms with Crippen LogP contribution in [0.4, 0.5) is 41.1 Å². The van der Waals surface area contributed by atoms with Crippen LogP contribution in [0, 0.1) is 5.53 Å². The first-order chi connectivity index (χ1) is 12.7. The Kier molecular flexibility index (Phi) is 5.18. The summed E-state index contributed by atoms with van der Waals surface area (Å²) in [5, 5.41) is 7.99. The van der Waals surface area contributed by atoms with Crippen LogP contribution >= 0.6 is 0 Å². The number of nitrogens with zero attached hydrogens (tertiary/aromatic N) is 5. The van der Waals surface area contributed by atoms with Crippen LogP contribution < -0.4 is 10.9 Å². The van der Waals surface area contributed by atoms with Crippen LogP contribution in [-0.4, -0.2) is 38.6 Å². The van der Waals surface area contributed by atoms with E-state index in [0.29, 0.717) is 12.4 Å². The summed E-state index contributed by atoms with van der Waals surface area (Å²) < 4.78 is 103. The van der Waals surface area contributed by atoms with Gasteiger partial charge in [0.15, 0.2) is 5.69 Å². The van der Waals surface area contributed by atoms with E-state index in [9.17, 15) is 39.9 Å². The normalized spacial score (nSPS) is 12.9. The number of aromatic nitrogens is 4. The van der Waals surface area contributed by atoms with Gasteiger partial charge in [0.05, 0.1) is 11.8 Å². The van der Waals surface area contributed by atoms with Crippen LogP contribution in [0.2, 0.25) is 0 Å². The number of nitrogens with one attached hydrogen (secondary N) is 2. The van der Waals surface area contributed by atoms with Gasteiger partial charge in [-0.3, -0.25) is 9.48 Å². The molecule has 0 radical (unpaired) electrons. The van der Waals surface area contributed by atoms with Crippen molar-refractivity contribution in [2.24, 2.45) is 5.22 Å². The second-order valence-corrected chi connectivity index (χ2v) is 5.25. The van der Waals surface area contributed by atoms with Crippen molar-refractivity contribution in [1.29, 1.82) is 5.53 Å². The topological polar surface area (TPSA) is 101 Å². The standard InChI is InChI=1S/C12H9F8N7O/c1-22-9-24-7(11(15,16)17)6(8(28)27(9)25-21)5-2-23-26(3-5)4-10(13,14)12(18,19)20/h2-3,21H,4H2,1H3,(H,22,24). The van der Waals surface area contributed by atoms with Crippen LogP contribution in [0.1, 0.15) is 5.69 Å². The van der Waals surface area contributed by atoms with Gasteiger partial charge >= 0.3 is 18.3 Å². The fraction of sp³-hybridized carbons (Fsp3) is 0.417. The van der Waals surface area contributed by atoms with Crippen LogP contribution in [0.15, 0.2) is 22.4 Å². The smallest absolute Gasteiger partial charge is 0.357 e. The van der Waals surface area contributed by atoms with Gasteiger partial charge in [-0.15, -0.1) is 4.68 Å². The number of hydrogen-bond acceptors (Lipinski definition) is 6. The maximum Gasteiger partial charge on any atom is 0.455 e. The average Bonchev–Trinajstić information content (AvgIpc) is 2.99. The summed E-state index contributed by atoms with van der Waals surface area (Å²) in [6, 6.07) is 0. The monoisotopic (exact) mass is 419 g/mol. The maximum absolute atomic E-state index is 13.3. The molecule has 0 atom stereocenters. The van der Waals surface area contributed by atoms with Gasteiger partial charge in [0.2, 0.25) is 5.95 Å². The van der Waals surface area contributed by atoms with Gasteiger partial charge in [-0.25, -0.2) is 4.98 Å². The number of anilines is 1. The summed E-state index contributed by atoms with van der Waals surface area (Å²) in [6.45, 7) is -2.02. The molecule has 0 aliphatic rings. The highest BCUT2D eigenvalue weighted by molar-refractivity contribution is 5.65. The van der Waals surface area contributed by atoms with Crippen molar-refractivity contribution in [2.45, 2.75) is 24.8 Å². The Labute approximate surface area is 149 Å². The lowest BCUT2D eigenvalue weighted by molar-refractivity contribution is -0.287. The van der Waals surface area contributed by atoms with Crippen LogP contribution in [0.25, 0.3) is 11.1 Å². The van der Waals surface area contributed by atoms with E-state index in [1.807, 2.05) is 0 Å². The molecule has 0 aliphatic heterocycles. The predicted molar refractivity (Wildman–Crippen MR) is 75.8 cm³/mol. The molecule has 0 spiro atoms. The van der Waals surface area contributed by atoms with E-state index in [-0.39, 0.29) is 9.36 Å². The van der Waals surface area contributed by atoms with Crippen molar-refractivity contribution in [3.8, 4) is 11.1 Å². The molecular weight excluding hydrogens is 410 g/mol. The quantitative estimate of drug-likeness (QED) is 0.574. The van der Waals surface area contributed by atoms with E-state index in [0.717, 1.165) is 7.05 Å². The largest absolute Gasteiger partial charge is 0.455 e. The first-order valence-electron chi connectivity index (χ1n) is 7.00. The number of alkyl halides is 8. The minimum atomic E-state index is -5.91.